The summed E-state index contributed by atoms with van der Waals surface area (Å²) in [6.07, 6.45) is 0. The van der Waals surface area contributed by atoms with E-state index in [1.165, 1.54) is 0 Å². The highest BCUT2D eigenvalue weighted by atomic mass is 16.5. The van der Waals surface area contributed by atoms with E-state index in [0.717, 1.165) is 6.54 Å². The zero-order valence-electron chi connectivity index (χ0n) is 8.74. The molecule has 0 aromatic carbocycles. The lowest BCUT2D eigenvalue weighted by Gasteiger charge is -2.01. The zero-order chi connectivity index (χ0) is 11.1. The van der Waals surface area contributed by atoms with Crippen molar-refractivity contribution in [2.45, 2.75) is 6.92 Å². The summed E-state index contributed by atoms with van der Waals surface area (Å²) in [6, 6.07) is 0. The van der Waals surface area contributed by atoms with Gasteiger partial charge in [0.2, 0.25) is 0 Å². The van der Waals surface area contributed by atoms with Crippen molar-refractivity contribution in [3.63, 3.8) is 0 Å². The molecule has 0 fully saturated rings. The second-order valence-electron chi connectivity index (χ2n) is 2.23. The lowest BCUT2D eigenvalue weighted by Crippen LogP contribution is -2.20. The van der Waals surface area contributed by atoms with Crippen molar-refractivity contribution in [3.8, 4) is 0 Å². The lowest BCUT2D eigenvalue weighted by atomic mass is 10.7. The van der Waals surface area contributed by atoms with Gasteiger partial charge in [0.25, 0.3) is 0 Å². The molecule has 0 bridgehead atoms. The second-order valence-corrected chi connectivity index (χ2v) is 2.23. The van der Waals surface area contributed by atoms with Crippen LogP contribution < -0.4 is 11.3 Å². The van der Waals surface area contributed by atoms with E-state index in [4.69, 9.17) is 25.5 Å². The summed E-state index contributed by atoms with van der Waals surface area (Å²) in [5.41, 5.74) is 2.43. The Labute approximate surface area is 85.0 Å². The average molecular weight is 210 g/mol. The van der Waals surface area contributed by atoms with Crippen LogP contribution in [-0.4, -0.2) is 56.4 Å². The van der Waals surface area contributed by atoms with Gasteiger partial charge in [-0.2, -0.15) is 0 Å². The maximum atomic E-state index is 8.26. The Morgan fingerprint density at radius 3 is 1.57 bits per heavy atom. The first-order valence-electron chi connectivity index (χ1n) is 4.64. The van der Waals surface area contributed by atoms with Gasteiger partial charge >= 0.3 is 0 Å². The summed E-state index contributed by atoms with van der Waals surface area (Å²) in [5.74, 6) is 4.78. The van der Waals surface area contributed by atoms with Crippen molar-refractivity contribution < 1.29 is 19.7 Å². The third-order valence-electron chi connectivity index (χ3n) is 1.05. The summed E-state index contributed by atoms with van der Waals surface area (Å²) in [7, 11) is 0. The molecule has 14 heavy (non-hydrogen) atoms. The summed E-state index contributed by atoms with van der Waals surface area (Å²) < 4.78 is 9.75. The van der Waals surface area contributed by atoms with Crippen molar-refractivity contribution in [3.05, 3.63) is 0 Å². The van der Waals surface area contributed by atoms with E-state index in [1.807, 2.05) is 6.92 Å². The third kappa shape index (κ3) is 22.6. The van der Waals surface area contributed by atoms with Gasteiger partial charge in [0, 0.05) is 6.54 Å². The Morgan fingerprint density at radius 1 is 1.00 bits per heavy atom. The molecule has 0 aliphatic rings. The molecule has 6 nitrogen and oxygen atoms in total. The highest BCUT2D eigenvalue weighted by molar-refractivity contribution is 4.30. The lowest BCUT2D eigenvalue weighted by molar-refractivity contribution is 0.0222. The fourth-order valence-electron chi connectivity index (χ4n) is 0.451. The maximum absolute atomic E-state index is 8.26. The van der Waals surface area contributed by atoms with Crippen LogP contribution in [0, 0.1) is 0 Å². The molecule has 0 spiro atoms. The Hall–Kier alpha value is -0.240. The molecule has 0 aromatic heterocycles. The van der Waals surface area contributed by atoms with Crippen LogP contribution in [0.2, 0.25) is 0 Å². The van der Waals surface area contributed by atoms with Crippen LogP contribution in [0.4, 0.5) is 0 Å². The van der Waals surface area contributed by atoms with Gasteiger partial charge in [-0.15, -0.1) is 0 Å². The fourth-order valence-corrected chi connectivity index (χ4v) is 0.451. The molecule has 0 saturated carbocycles. The summed E-state index contributed by atoms with van der Waals surface area (Å²) in [5, 5.41) is 16.5. The minimum Gasteiger partial charge on any atom is -0.394 e. The average Bonchev–Trinajstić information content (AvgIpc) is 2.24. The number of aliphatic hydroxyl groups is 2. The van der Waals surface area contributed by atoms with Gasteiger partial charge in [-0.1, -0.05) is 6.92 Å². The first kappa shape index (κ1) is 16.2. The molecule has 0 atom stereocenters. The van der Waals surface area contributed by atoms with E-state index in [2.05, 4.69) is 5.43 Å². The van der Waals surface area contributed by atoms with E-state index >= 15 is 0 Å². The van der Waals surface area contributed by atoms with Crippen LogP contribution in [-0.2, 0) is 9.47 Å². The van der Waals surface area contributed by atoms with Gasteiger partial charge in [0.1, 0.15) is 0 Å². The standard InChI is InChI=1S/C6H14O4.C2H8N2/c7-1-3-9-5-6-10-4-2-8;1-2-4-3/h7-8H,1-6H2;4H,2-3H2,1H3. The largest absolute Gasteiger partial charge is 0.394 e. The van der Waals surface area contributed by atoms with Crippen molar-refractivity contribution >= 4 is 0 Å². The van der Waals surface area contributed by atoms with Crippen molar-refractivity contribution in [1.29, 1.82) is 0 Å². The fraction of sp³-hybridized carbons (Fsp3) is 1.00. The Morgan fingerprint density at radius 2 is 1.36 bits per heavy atom. The summed E-state index contributed by atoms with van der Waals surface area (Å²) >= 11 is 0. The molecule has 0 unspecified atom stereocenters. The highest BCUT2D eigenvalue weighted by Crippen LogP contribution is 1.76. The van der Waals surface area contributed by atoms with Crippen LogP contribution in [0.3, 0.4) is 0 Å². The molecular formula is C8H22N2O4. The second kappa shape index (κ2) is 18.5. The molecule has 88 valence electrons. The topological polar surface area (TPSA) is 97.0 Å². The quantitative estimate of drug-likeness (QED) is 0.220. The number of hydrogen-bond donors (Lipinski definition) is 4. The van der Waals surface area contributed by atoms with Crippen molar-refractivity contribution in [2.24, 2.45) is 5.84 Å². The van der Waals surface area contributed by atoms with Gasteiger partial charge in [-0.05, 0) is 0 Å². The van der Waals surface area contributed by atoms with Crippen LogP contribution >= 0.6 is 0 Å². The first-order chi connectivity index (χ1) is 6.83. The van der Waals surface area contributed by atoms with Crippen molar-refractivity contribution in [1.82, 2.24) is 5.43 Å². The molecule has 0 radical (unpaired) electrons. The summed E-state index contributed by atoms with van der Waals surface area (Å²) in [4.78, 5) is 0. The zero-order valence-corrected chi connectivity index (χ0v) is 8.74. The predicted octanol–water partition coefficient (Wildman–Crippen LogP) is -1.53. The monoisotopic (exact) mass is 210 g/mol. The predicted molar refractivity (Wildman–Crippen MR) is 53.7 cm³/mol. The van der Waals surface area contributed by atoms with E-state index < -0.39 is 0 Å². The molecule has 0 heterocycles. The van der Waals surface area contributed by atoms with Gasteiger partial charge < -0.3 is 19.7 Å². The molecule has 5 N–H and O–H groups in total. The van der Waals surface area contributed by atoms with Gasteiger partial charge in [0.15, 0.2) is 0 Å². The summed E-state index contributed by atoms with van der Waals surface area (Å²) in [6.45, 7) is 4.52. The van der Waals surface area contributed by atoms with Crippen LogP contribution in [0.1, 0.15) is 6.92 Å². The minimum absolute atomic E-state index is 0.0417. The van der Waals surface area contributed by atoms with Gasteiger partial charge in [-0.25, -0.2) is 0 Å². The van der Waals surface area contributed by atoms with Crippen molar-refractivity contribution in [2.75, 3.05) is 46.2 Å². The van der Waals surface area contributed by atoms with Gasteiger partial charge in [0.05, 0.1) is 39.6 Å². The highest BCUT2D eigenvalue weighted by Gasteiger charge is 1.86. The Bertz CT molecular complexity index is 75.7. The van der Waals surface area contributed by atoms with Crippen LogP contribution in [0.15, 0.2) is 0 Å². The third-order valence-corrected chi connectivity index (χ3v) is 1.05. The molecule has 0 aromatic rings. The number of aliphatic hydroxyl groups excluding tert-OH is 2. The SMILES string of the molecule is CCNN.OCCOCCOCCO. The number of hydrogen-bond acceptors (Lipinski definition) is 6. The molecule has 0 saturated heterocycles. The van der Waals surface area contributed by atoms with E-state index in [0.29, 0.717) is 26.4 Å². The van der Waals surface area contributed by atoms with E-state index in [1.54, 1.807) is 0 Å². The smallest absolute Gasteiger partial charge is 0.0701 e. The number of ether oxygens (including phenoxy) is 2. The molecule has 0 amide bonds. The first-order valence-corrected chi connectivity index (χ1v) is 4.64. The molecule has 0 aliphatic heterocycles. The number of nitrogens with two attached hydrogens (primary N) is 1. The Balaban J connectivity index is 0. The molecular weight excluding hydrogens is 188 g/mol. The van der Waals surface area contributed by atoms with E-state index in [-0.39, 0.29) is 13.2 Å². The minimum atomic E-state index is 0.0417. The van der Waals surface area contributed by atoms with Crippen LogP contribution in [0.25, 0.3) is 0 Å². The molecule has 0 rings (SSSR count). The normalized spacial score (nSPS) is 9.43. The Kier molecular flexibility index (Phi) is 21.4. The molecule has 0 aliphatic carbocycles. The number of hydrazine groups is 1. The molecule has 6 heteroatoms. The van der Waals surface area contributed by atoms with Gasteiger partial charge in [-0.3, -0.25) is 11.3 Å². The number of rotatable bonds is 8. The maximum Gasteiger partial charge on any atom is 0.0701 e. The number of nitrogens with one attached hydrogen (secondary N) is 1. The van der Waals surface area contributed by atoms with Crippen LogP contribution in [0.5, 0.6) is 0 Å². The van der Waals surface area contributed by atoms with E-state index in [9.17, 15) is 0 Å².